The van der Waals surface area contributed by atoms with Gasteiger partial charge < -0.3 is 40.3 Å². The molecule has 0 aromatic rings. The van der Waals surface area contributed by atoms with Crippen molar-refractivity contribution in [3.8, 4) is 0 Å². The Bertz CT molecular complexity index is 1370. The summed E-state index contributed by atoms with van der Waals surface area (Å²) in [4.78, 5) is 13.0. The van der Waals surface area contributed by atoms with E-state index in [2.05, 4.69) is 92.1 Å². The summed E-state index contributed by atoms with van der Waals surface area (Å²) in [7, 11) is 0. The Morgan fingerprint density at radius 1 is 0.500 bits per heavy atom. The molecule has 0 aromatic heterocycles. The fourth-order valence-corrected chi connectivity index (χ4v) is 8.65. The quantitative estimate of drug-likeness (QED) is 0.0261. The molecule has 1 aliphatic heterocycles. The zero-order valence-electron chi connectivity index (χ0n) is 44.7. The normalized spacial score (nSPS) is 20.0. The molecular formula is C61H107NO8. The Morgan fingerprint density at radius 3 is 1.37 bits per heavy atom. The van der Waals surface area contributed by atoms with E-state index in [-0.39, 0.29) is 12.5 Å². The predicted molar refractivity (Wildman–Crippen MR) is 295 cm³/mol. The largest absolute Gasteiger partial charge is 0.394 e. The SMILES string of the molecule is CC/C=C\C/C=C\C/C=C\C/C=C\CCCCCCC(=O)NC(COC1OC(CO)C(O)C(O)C1O)C(O)/C=C/CC/C=C/CC/C=C/CCCCCCCCCCCCCCCCCCCCCC. The van der Waals surface area contributed by atoms with Crippen molar-refractivity contribution in [2.45, 2.75) is 281 Å². The monoisotopic (exact) mass is 982 g/mol. The molecule has 70 heavy (non-hydrogen) atoms. The van der Waals surface area contributed by atoms with Gasteiger partial charge in [0.25, 0.3) is 0 Å². The van der Waals surface area contributed by atoms with E-state index in [9.17, 15) is 30.3 Å². The average molecular weight is 983 g/mol. The Hall–Kier alpha value is -2.63. The molecular weight excluding hydrogens is 875 g/mol. The summed E-state index contributed by atoms with van der Waals surface area (Å²) >= 11 is 0. The van der Waals surface area contributed by atoms with Crippen LogP contribution in [0.15, 0.2) is 85.1 Å². The third-order valence-electron chi connectivity index (χ3n) is 13.2. The first-order chi connectivity index (χ1) is 34.3. The smallest absolute Gasteiger partial charge is 0.220 e. The zero-order valence-corrected chi connectivity index (χ0v) is 44.7. The molecule has 0 bridgehead atoms. The van der Waals surface area contributed by atoms with Crippen LogP contribution >= 0.6 is 0 Å². The summed E-state index contributed by atoms with van der Waals surface area (Å²) in [6.07, 6.45) is 63.8. The molecule has 9 nitrogen and oxygen atoms in total. The highest BCUT2D eigenvalue weighted by Gasteiger charge is 2.44. The zero-order chi connectivity index (χ0) is 50.8. The van der Waals surface area contributed by atoms with Crippen molar-refractivity contribution in [3.63, 3.8) is 0 Å². The number of amides is 1. The maximum Gasteiger partial charge on any atom is 0.220 e. The van der Waals surface area contributed by atoms with Crippen molar-refractivity contribution < 1.29 is 39.8 Å². The van der Waals surface area contributed by atoms with E-state index in [0.717, 1.165) is 77.0 Å². The van der Waals surface area contributed by atoms with Crippen LogP contribution in [0.4, 0.5) is 0 Å². The van der Waals surface area contributed by atoms with Gasteiger partial charge in [0.05, 0.1) is 25.4 Å². The second-order valence-electron chi connectivity index (χ2n) is 19.7. The summed E-state index contributed by atoms with van der Waals surface area (Å²) in [5.74, 6) is -0.216. The number of ether oxygens (including phenoxy) is 2. The van der Waals surface area contributed by atoms with Gasteiger partial charge in [0.15, 0.2) is 6.29 Å². The van der Waals surface area contributed by atoms with Gasteiger partial charge in [-0.1, -0.05) is 234 Å². The maximum atomic E-state index is 13.0. The summed E-state index contributed by atoms with van der Waals surface area (Å²) in [5.41, 5.74) is 0. The topological polar surface area (TPSA) is 149 Å². The van der Waals surface area contributed by atoms with Gasteiger partial charge in [0, 0.05) is 6.42 Å². The Morgan fingerprint density at radius 2 is 0.900 bits per heavy atom. The van der Waals surface area contributed by atoms with Gasteiger partial charge in [-0.05, 0) is 83.5 Å². The fourth-order valence-electron chi connectivity index (χ4n) is 8.65. The lowest BCUT2D eigenvalue weighted by Gasteiger charge is -2.40. The number of aliphatic hydroxyl groups excluding tert-OH is 5. The number of carbonyl (C=O) groups is 1. The summed E-state index contributed by atoms with van der Waals surface area (Å²) in [5, 5.41) is 54.4. The number of nitrogens with one attached hydrogen (secondary N) is 1. The lowest BCUT2D eigenvalue weighted by molar-refractivity contribution is -0.302. The highest BCUT2D eigenvalue weighted by Crippen LogP contribution is 2.23. The van der Waals surface area contributed by atoms with Gasteiger partial charge in [-0.3, -0.25) is 4.79 Å². The van der Waals surface area contributed by atoms with Crippen molar-refractivity contribution in [1.29, 1.82) is 0 Å². The summed E-state index contributed by atoms with van der Waals surface area (Å²) in [6, 6.07) is -0.847. The van der Waals surface area contributed by atoms with Crippen LogP contribution in [-0.4, -0.2) is 87.5 Å². The molecule has 1 saturated heterocycles. The molecule has 404 valence electrons. The number of rotatable bonds is 48. The molecule has 0 spiro atoms. The minimum atomic E-state index is -1.58. The van der Waals surface area contributed by atoms with Gasteiger partial charge in [-0.25, -0.2) is 0 Å². The lowest BCUT2D eigenvalue weighted by Crippen LogP contribution is -2.60. The van der Waals surface area contributed by atoms with Crippen LogP contribution in [0.3, 0.4) is 0 Å². The van der Waals surface area contributed by atoms with Crippen LogP contribution in [0.1, 0.15) is 239 Å². The third kappa shape index (κ3) is 39.0. The van der Waals surface area contributed by atoms with Crippen LogP contribution < -0.4 is 5.32 Å². The molecule has 1 amide bonds. The molecule has 0 aliphatic carbocycles. The molecule has 6 N–H and O–H groups in total. The van der Waals surface area contributed by atoms with Crippen LogP contribution in [0, 0.1) is 0 Å². The van der Waals surface area contributed by atoms with E-state index >= 15 is 0 Å². The number of hydrogen-bond donors (Lipinski definition) is 6. The van der Waals surface area contributed by atoms with Crippen molar-refractivity contribution in [3.05, 3.63) is 85.1 Å². The molecule has 7 atom stereocenters. The van der Waals surface area contributed by atoms with Gasteiger partial charge in [0.1, 0.15) is 24.4 Å². The number of allylic oxidation sites excluding steroid dienone is 13. The van der Waals surface area contributed by atoms with Gasteiger partial charge >= 0.3 is 0 Å². The van der Waals surface area contributed by atoms with Crippen LogP contribution in [-0.2, 0) is 14.3 Å². The van der Waals surface area contributed by atoms with Crippen LogP contribution in [0.25, 0.3) is 0 Å². The van der Waals surface area contributed by atoms with E-state index in [1.165, 1.54) is 135 Å². The van der Waals surface area contributed by atoms with E-state index in [1.807, 2.05) is 6.08 Å². The minimum Gasteiger partial charge on any atom is -0.394 e. The highest BCUT2D eigenvalue weighted by molar-refractivity contribution is 5.76. The van der Waals surface area contributed by atoms with E-state index in [0.29, 0.717) is 12.8 Å². The standard InChI is InChI=1S/C61H107NO8/c1-3-5-7-9-11-13-15-17-19-21-22-23-24-25-26-27-28-29-30-31-32-33-35-36-38-40-42-44-46-48-50-55(64)54(53-69-61-60(68)59(67)58(66)56(52-63)70-61)62-57(65)51-49-47-45-43-41-39-37-34-20-18-16-14-12-10-8-6-4-2/h6,8,12,14,18,20,33,35,37,39-40,42,48,50,54-56,58-61,63-64,66-68H,3-5,7,9-11,13,15-17,19,21-32,34,36,38,41,43-47,49,51-53H2,1-2H3,(H,62,65)/b8-6-,14-12-,20-18-,35-33+,39-37-,42-40+,50-48+. The first-order valence-corrected chi connectivity index (χ1v) is 28.8. The number of aliphatic hydroxyl groups is 5. The van der Waals surface area contributed by atoms with Crippen molar-refractivity contribution in [1.82, 2.24) is 5.32 Å². The van der Waals surface area contributed by atoms with Crippen molar-refractivity contribution >= 4 is 5.91 Å². The van der Waals surface area contributed by atoms with E-state index in [1.54, 1.807) is 6.08 Å². The van der Waals surface area contributed by atoms with Crippen LogP contribution in [0.2, 0.25) is 0 Å². The average Bonchev–Trinajstić information content (AvgIpc) is 3.36. The Labute approximate surface area is 429 Å². The van der Waals surface area contributed by atoms with Gasteiger partial charge in [-0.2, -0.15) is 0 Å². The third-order valence-corrected chi connectivity index (χ3v) is 13.2. The number of carbonyl (C=O) groups excluding carboxylic acids is 1. The van der Waals surface area contributed by atoms with Crippen molar-refractivity contribution in [2.75, 3.05) is 13.2 Å². The predicted octanol–water partition coefficient (Wildman–Crippen LogP) is 14.2. The Kier molecular flexibility index (Phi) is 46.6. The molecule has 7 unspecified atom stereocenters. The molecule has 1 aliphatic rings. The van der Waals surface area contributed by atoms with Gasteiger partial charge in [-0.15, -0.1) is 0 Å². The van der Waals surface area contributed by atoms with E-state index in [4.69, 9.17) is 9.47 Å². The molecule has 1 heterocycles. The summed E-state index contributed by atoms with van der Waals surface area (Å²) in [6.45, 7) is 3.63. The molecule has 0 aromatic carbocycles. The Balaban J connectivity index is 2.26. The second kappa shape index (κ2) is 49.9. The first kappa shape index (κ1) is 65.4. The van der Waals surface area contributed by atoms with E-state index < -0.39 is 49.5 Å². The van der Waals surface area contributed by atoms with Gasteiger partial charge in [0.2, 0.25) is 5.91 Å². The van der Waals surface area contributed by atoms with Crippen LogP contribution in [0.5, 0.6) is 0 Å². The molecule has 0 saturated carbocycles. The molecule has 0 radical (unpaired) electrons. The maximum absolute atomic E-state index is 13.0. The van der Waals surface area contributed by atoms with Crippen molar-refractivity contribution in [2.24, 2.45) is 0 Å². The fraction of sp³-hybridized carbons (Fsp3) is 0.754. The second-order valence-corrected chi connectivity index (χ2v) is 19.7. The molecule has 1 rings (SSSR count). The minimum absolute atomic E-state index is 0.216. The first-order valence-electron chi connectivity index (χ1n) is 28.8. The highest BCUT2D eigenvalue weighted by atomic mass is 16.7. The number of unbranched alkanes of at least 4 members (excludes halogenated alkanes) is 26. The lowest BCUT2D eigenvalue weighted by atomic mass is 9.99. The summed E-state index contributed by atoms with van der Waals surface area (Å²) < 4.78 is 11.2. The molecule has 1 fully saturated rings. The number of hydrogen-bond acceptors (Lipinski definition) is 8. The molecule has 9 heteroatoms.